The van der Waals surface area contributed by atoms with Gasteiger partial charge < -0.3 is 9.84 Å². The Morgan fingerprint density at radius 2 is 2.00 bits per heavy atom. The molecular formula is C16H17FIN3O2. The van der Waals surface area contributed by atoms with Crippen molar-refractivity contribution in [2.45, 2.75) is 32.9 Å². The van der Waals surface area contributed by atoms with Gasteiger partial charge in [0.2, 0.25) is 5.72 Å². The zero-order chi connectivity index (χ0) is 17.1. The first-order valence-corrected chi connectivity index (χ1v) is 8.11. The number of hydrogen-bond acceptors (Lipinski definition) is 4. The van der Waals surface area contributed by atoms with Crippen molar-refractivity contribution in [2.75, 3.05) is 0 Å². The van der Waals surface area contributed by atoms with Crippen LogP contribution in [0.1, 0.15) is 27.2 Å². The largest absolute Gasteiger partial charge is 0.423 e. The maximum atomic E-state index is 12.9. The summed E-state index contributed by atoms with van der Waals surface area (Å²) in [5, 5.41) is 15.2. The monoisotopic (exact) mass is 429 g/mol. The molecule has 0 aliphatic heterocycles. The molecule has 2 aromatic rings. The van der Waals surface area contributed by atoms with Crippen LogP contribution in [0.4, 0.5) is 4.39 Å². The van der Waals surface area contributed by atoms with Crippen molar-refractivity contribution in [3.63, 3.8) is 0 Å². The van der Waals surface area contributed by atoms with Gasteiger partial charge in [0.05, 0.1) is 0 Å². The second kappa shape index (κ2) is 6.84. The highest BCUT2D eigenvalue weighted by Crippen LogP contribution is 2.37. The Bertz CT molecular complexity index is 734. The van der Waals surface area contributed by atoms with Crippen LogP contribution in [-0.4, -0.2) is 19.9 Å². The second-order valence-electron chi connectivity index (χ2n) is 5.66. The molecule has 1 unspecified atom stereocenters. The zero-order valence-corrected chi connectivity index (χ0v) is 15.2. The topological polar surface area (TPSA) is 60.2 Å². The number of benzene rings is 1. The van der Waals surface area contributed by atoms with Crippen molar-refractivity contribution in [3.05, 3.63) is 36.4 Å². The van der Waals surface area contributed by atoms with Crippen LogP contribution in [0.2, 0.25) is 0 Å². The summed E-state index contributed by atoms with van der Waals surface area (Å²) in [6.45, 7) is 5.76. The number of hydrogen-bond donors (Lipinski definition) is 1. The molecule has 0 saturated carbocycles. The van der Waals surface area contributed by atoms with Gasteiger partial charge in [-0.3, -0.25) is 0 Å². The predicted molar refractivity (Wildman–Crippen MR) is 92.6 cm³/mol. The van der Waals surface area contributed by atoms with Crippen LogP contribution in [0.3, 0.4) is 0 Å². The fraction of sp³-hybridized carbons (Fsp3) is 0.375. The Kier molecular flexibility index (Phi) is 5.26. The lowest BCUT2D eigenvalue weighted by atomic mass is 9.79. The van der Waals surface area contributed by atoms with E-state index >= 15 is 0 Å². The molecule has 0 saturated heterocycles. The molecule has 1 aromatic carbocycles. The van der Waals surface area contributed by atoms with Crippen molar-refractivity contribution in [3.8, 4) is 21.6 Å². The van der Waals surface area contributed by atoms with E-state index in [1.54, 1.807) is 0 Å². The van der Waals surface area contributed by atoms with E-state index in [9.17, 15) is 9.50 Å². The highest BCUT2D eigenvalue weighted by Gasteiger charge is 2.44. The molecule has 5 nitrogen and oxygen atoms in total. The summed E-state index contributed by atoms with van der Waals surface area (Å²) >= 11 is 1.87. The van der Waals surface area contributed by atoms with E-state index in [0.29, 0.717) is 12.2 Å². The van der Waals surface area contributed by atoms with Crippen LogP contribution >= 0.6 is 22.6 Å². The summed E-state index contributed by atoms with van der Waals surface area (Å²) in [5.41, 5.74) is -2.06. The fourth-order valence-corrected chi connectivity index (χ4v) is 2.28. The summed E-state index contributed by atoms with van der Waals surface area (Å²) < 4.78 is 22.4. The fourth-order valence-electron chi connectivity index (χ4n) is 1.91. The maximum Gasteiger partial charge on any atom is 0.341 e. The van der Waals surface area contributed by atoms with Gasteiger partial charge in [0.15, 0.2) is 0 Å². The van der Waals surface area contributed by atoms with Gasteiger partial charge >= 0.3 is 6.01 Å². The molecule has 23 heavy (non-hydrogen) atoms. The molecule has 0 spiro atoms. The van der Waals surface area contributed by atoms with Crippen molar-refractivity contribution < 1.29 is 14.2 Å². The molecular weight excluding hydrogens is 412 g/mol. The Labute approximate surface area is 148 Å². The first-order valence-electron chi connectivity index (χ1n) is 7.03. The molecule has 0 amide bonds. The number of ether oxygens (including phenoxy) is 1. The van der Waals surface area contributed by atoms with E-state index in [1.165, 1.54) is 35.3 Å². The van der Waals surface area contributed by atoms with Gasteiger partial charge in [0.1, 0.15) is 17.9 Å². The van der Waals surface area contributed by atoms with Crippen LogP contribution in [0.5, 0.6) is 11.8 Å². The minimum Gasteiger partial charge on any atom is -0.423 e. The number of rotatable bonds is 5. The molecule has 0 aliphatic carbocycles. The van der Waals surface area contributed by atoms with Crippen LogP contribution in [0.25, 0.3) is 0 Å². The minimum absolute atomic E-state index is 0.0530. The third-order valence-corrected chi connectivity index (χ3v) is 4.14. The Morgan fingerprint density at radius 3 is 2.57 bits per heavy atom. The third kappa shape index (κ3) is 3.64. The van der Waals surface area contributed by atoms with E-state index < -0.39 is 11.1 Å². The van der Waals surface area contributed by atoms with E-state index in [1.807, 2.05) is 43.4 Å². The van der Waals surface area contributed by atoms with E-state index in [4.69, 9.17) is 4.74 Å². The van der Waals surface area contributed by atoms with Crippen molar-refractivity contribution in [2.24, 2.45) is 5.41 Å². The average molecular weight is 429 g/mol. The van der Waals surface area contributed by atoms with Gasteiger partial charge in [0, 0.05) is 28.0 Å². The number of nitrogens with zero attached hydrogens (tertiary/aromatic N) is 3. The van der Waals surface area contributed by atoms with Crippen LogP contribution < -0.4 is 4.74 Å². The molecule has 122 valence electrons. The molecule has 1 aromatic heterocycles. The lowest BCUT2D eigenvalue weighted by molar-refractivity contribution is -0.0946. The third-order valence-electron chi connectivity index (χ3n) is 3.87. The lowest BCUT2D eigenvalue weighted by Gasteiger charge is -2.37. The minimum atomic E-state index is -1.51. The number of halogens is 2. The Morgan fingerprint density at radius 1 is 1.35 bits per heavy atom. The molecule has 7 heteroatoms. The van der Waals surface area contributed by atoms with Gasteiger partial charge in [-0.1, -0.05) is 20.8 Å². The first-order chi connectivity index (χ1) is 10.8. The standard InChI is InChI=1S/C16H17FIN3O2/c1-4-15(2,3)16(22,9-10-18)21-11-19-14(20-21)23-13-7-5-12(17)6-8-13/h5-8,11,22H,4H2,1-3H3. The smallest absolute Gasteiger partial charge is 0.341 e. The van der Waals surface area contributed by atoms with Crippen molar-refractivity contribution >= 4 is 22.6 Å². The van der Waals surface area contributed by atoms with Gasteiger partial charge in [-0.25, -0.2) is 9.07 Å². The summed E-state index contributed by atoms with van der Waals surface area (Å²) in [4.78, 5) is 4.04. The highest BCUT2D eigenvalue weighted by atomic mass is 127. The van der Waals surface area contributed by atoms with Gasteiger partial charge in [-0.15, -0.1) is 5.10 Å². The SMILES string of the molecule is CCC(C)(C)C(O)(C#CI)n1cnc(Oc2ccc(F)cc2)n1. The van der Waals surface area contributed by atoms with Crippen molar-refractivity contribution in [1.82, 2.24) is 14.8 Å². The Balaban J connectivity index is 2.31. The molecule has 0 fully saturated rings. The number of aromatic nitrogens is 3. The summed E-state index contributed by atoms with van der Waals surface area (Å²) in [6.07, 6.45) is 2.06. The molecule has 1 heterocycles. The molecule has 0 bridgehead atoms. The van der Waals surface area contributed by atoms with Crippen molar-refractivity contribution in [1.29, 1.82) is 0 Å². The average Bonchev–Trinajstić information content (AvgIpc) is 2.98. The highest BCUT2D eigenvalue weighted by molar-refractivity contribution is 14.1. The summed E-state index contributed by atoms with van der Waals surface area (Å²) in [6, 6.07) is 5.57. The molecule has 0 radical (unpaired) electrons. The van der Waals surface area contributed by atoms with Gasteiger partial charge in [-0.05, 0) is 40.5 Å². The summed E-state index contributed by atoms with van der Waals surface area (Å²) in [5.74, 6) is 2.85. The van der Waals surface area contributed by atoms with E-state index in [-0.39, 0.29) is 11.8 Å². The number of aliphatic hydroxyl groups is 1. The molecule has 1 N–H and O–H groups in total. The quantitative estimate of drug-likeness (QED) is 0.582. The van der Waals surface area contributed by atoms with Crippen LogP contribution in [-0.2, 0) is 5.72 Å². The molecule has 1 atom stereocenters. The lowest BCUT2D eigenvalue weighted by Crippen LogP contribution is -2.46. The molecule has 0 aliphatic rings. The van der Waals surface area contributed by atoms with E-state index in [0.717, 1.165) is 0 Å². The van der Waals surface area contributed by atoms with Gasteiger partial charge in [0.25, 0.3) is 0 Å². The summed E-state index contributed by atoms with van der Waals surface area (Å²) in [7, 11) is 0. The second-order valence-corrected chi connectivity index (χ2v) is 6.20. The normalized spacial score (nSPS) is 13.8. The van der Waals surface area contributed by atoms with Gasteiger partial charge in [-0.2, -0.15) is 4.98 Å². The van der Waals surface area contributed by atoms with E-state index in [2.05, 4.69) is 19.9 Å². The first kappa shape index (κ1) is 17.7. The van der Waals surface area contributed by atoms with Crippen LogP contribution in [0.15, 0.2) is 30.6 Å². The maximum absolute atomic E-state index is 12.9. The zero-order valence-electron chi connectivity index (χ0n) is 13.0. The van der Waals surface area contributed by atoms with Crippen LogP contribution in [0, 0.1) is 21.1 Å². The Hall–Kier alpha value is -1.66. The molecule has 2 rings (SSSR count). The predicted octanol–water partition coefficient (Wildman–Crippen LogP) is 3.69.